The number of amides is 1. The average molecular weight is 426 g/mol. The number of aryl methyl sites for hydroxylation is 4. The summed E-state index contributed by atoms with van der Waals surface area (Å²) in [4.78, 5) is 25.3. The highest BCUT2D eigenvalue weighted by atomic mass is 16.5. The predicted molar refractivity (Wildman–Crippen MR) is 121 cm³/mol. The van der Waals surface area contributed by atoms with Gasteiger partial charge in [0.15, 0.2) is 0 Å². The van der Waals surface area contributed by atoms with Gasteiger partial charge in [-0.05, 0) is 78.0 Å². The van der Waals surface area contributed by atoms with Crippen LogP contribution in [-0.2, 0) is 16.0 Å². The highest BCUT2D eigenvalue weighted by molar-refractivity contribution is 6.00. The second-order valence-corrected chi connectivity index (χ2v) is 9.40. The van der Waals surface area contributed by atoms with Crippen LogP contribution in [0.5, 0.6) is 0 Å². The number of furan rings is 1. The van der Waals surface area contributed by atoms with Gasteiger partial charge in [0, 0.05) is 41.0 Å². The van der Waals surface area contributed by atoms with E-state index in [1.165, 1.54) is 0 Å². The average Bonchev–Trinajstić information content (AvgIpc) is 2.97. The zero-order valence-electron chi connectivity index (χ0n) is 19.2. The molecule has 0 spiro atoms. The summed E-state index contributed by atoms with van der Waals surface area (Å²) in [5.41, 5.74) is 4.06. The molecular weight excluding hydrogens is 394 g/mol. The molecule has 0 aliphatic carbocycles. The van der Waals surface area contributed by atoms with Crippen molar-refractivity contribution in [2.45, 2.75) is 78.9 Å². The molecule has 1 amide bonds. The maximum atomic E-state index is 12.8. The molecule has 4 rings (SSSR count). The Morgan fingerprint density at radius 2 is 1.74 bits per heavy atom. The number of carbonyl (C=O) groups excluding carboxylic acids is 1. The van der Waals surface area contributed by atoms with Gasteiger partial charge >= 0.3 is 5.63 Å². The SMILES string of the molecule is Cc1oc2c(C)c3oc(=O)c(CCC(=O)NC4CCOC(C)(C)C4)c(C)c3cc2c1C. The molecule has 1 aliphatic rings. The molecule has 3 heterocycles. The number of rotatable bonds is 4. The van der Waals surface area contributed by atoms with Crippen molar-refractivity contribution in [1.82, 2.24) is 5.32 Å². The Labute approximate surface area is 181 Å². The van der Waals surface area contributed by atoms with Crippen LogP contribution in [0.15, 0.2) is 19.7 Å². The van der Waals surface area contributed by atoms with Gasteiger partial charge in [0.05, 0.1) is 5.60 Å². The van der Waals surface area contributed by atoms with Crippen molar-refractivity contribution >= 4 is 27.8 Å². The minimum absolute atomic E-state index is 0.0467. The van der Waals surface area contributed by atoms with Crippen molar-refractivity contribution in [3.63, 3.8) is 0 Å². The first-order chi connectivity index (χ1) is 14.6. The summed E-state index contributed by atoms with van der Waals surface area (Å²) in [7, 11) is 0. The Bertz CT molecular complexity index is 1230. The molecule has 1 N–H and O–H groups in total. The van der Waals surface area contributed by atoms with Gasteiger partial charge in [0.1, 0.15) is 16.9 Å². The molecular formula is C25H31NO5. The first kappa shape index (κ1) is 21.6. The lowest BCUT2D eigenvalue weighted by Gasteiger charge is -2.35. The number of benzene rings is 1. The minimum atomic E-state index is -0.382. The summed E-state index contributed by atoms with van der Waals surface area (Å²) in [5, 5.41) is 5.03. The van der Waals surface area contributed by atoms with Crippen molar-refractivity contribution < 1.29 is 18.4 Å². The first-order valence-corrected chi connectivity index (χ1v) is 11.0. The van der Waals surface area contributed by atoms with Crippen LogP contribution in [0.3, 0.4) is 0 Å². The van der Waals surface area contributed by atoms with E-state index in [2.05, 4.69) is 5.32 Å². The summed E-state index contributed by atoms with van der Waals surface area (Å²) in [6.45, 7) is 12.5. The molecule has 166 valence electrons. The maximum Gasteiger partial charge on any atom is 0.339 e. The summed E-state index contributed by atoms with van der Waals surface area (Å²) in [6.07, 6.45) is 2.20. The standard InChI is InChI=1S/C25H31NO5/c1-13-16(4)30-22-15(3)23-20(11-19(13)22)14(2)18(24(28)31-23)7-8-21(27)26-17-9-10-29-25(5,6)12-17/h11,17H,7-10,12H2,1-6H3,(H,26,27). The van der Waals surface area contributed by atoms with Crippen molar-refractivity contribution in [3.05, 3.63) is 44.5 Å². The summed E-state index contributed by atoms with van der Waals surface area (Å²) in [5.74, 6) is 0.816. The highest BCUT2D eigenvalue weighted by Crippen LogP contribution is 2.34. The number of carbonyl (C=O) groups is 1. The molecule has 1 aromatic carbocycles. The Balaban J connectivity index is 1.59. The molecule has 31 heavy (non-hydrogen) atoms. The molecule has 2 aromatic heterocycles. The first-order valence-electron chi connectivity index (χ1n) is 11.0. The molecule has 1 aliphatic heterocycles. The van der Waals surface area contributed by atoms with Crippen LogP contribution in [0.1, 0.15) is 61.1 Å². The van der Waals surface area contributed by atoms with Gasteiger partial charge in [0.25, 0.3) is 0 Å². The molecule has 6 nitrogen and oxygen atoms in total. The van der Waals surface area contributed by atoms with E-state index in [4.69, 9.17) is 13.6 Å². The summed E-state index contributed by atoms with van der Waals surface area (Å²) in [6, 6.07) is 2.14. The fourth-order valence-corrected chi connectivity index (χ4v) is 4.67. The maximum absolute atomic E-state index is 12.8. The van der Waals surface area contributed by atoms with E-state index < -0.39 is 0 Å². The predicted octanol–water partition coefficient (Wildman–Crippen LogP) is 4.78. The van der Waals surface area contributed by atoms with Crippen LogP contribution >= 0.6 is 0 Å². The molecule has 1 unspecified atom stereocenters. The lowest BCUT2D eigenvalue weighted by molar-refractivity contribution is -0.124. The Morgan fingerprint density at radius 1 is 1.06 bits per heavy atom. The zero-order valence-corrected chi connectivity index (χ0v) is 19.2. The third-order valence-electron chi connectivity index (χ3n) is 6.61. The van der Waals surface area contributed by atoms with Gasteiger partial charge in [-0.1, -0.05) is 0 Å². The summed E-state index contributed by atoms with van der Waals surface area (Å²) >= 11 is 0. The Kier molecular flexibility index (Phi) is 5.46. The van der Waals surface area contributed by atoms with Gasteiger partial charge in [0.2, 0.25) is 5.91 Å². The van der Waals surface area contributed by atoms with E-state index in [-0.39, 0.29) is 29.6 Å². The van der Waals surface area contributed by atoms with E-state index in [1.807, 2.05) is 47.6 Å². The minimum Gasteiger partial charge on any atom is -0.461 e. The van der Waals surface area contributed by atoms with Gasteiger partial charge in [-0.3, -0.25) is 4.79 Å². The van der Waals surface area contributed by atoms with Gasteiger partial charge in [-0.15, -0.1) is 0 Å². The molecule has 1 saturated heterocycles. The van der Waals surface area contributed by atoms with Crippen LogP contribution in [0.4, 0.5) is 0 Å². The van der Waals surface area contributed by atoms with E-state index >= 15 is 0 Å². The van der Waals surface area contributed by atoms with Crippen molar-refractivity contribution in [3.8, 4) is 0 Å². The third-order valence-corrected chi connectivity index (χ3v) is 6.61. The quantitative estimate of drug-likeness (QED) is 0.609. The number of nitrogens with one attached hydrogen (secondary N) is 1. The van der Waals surface area contributed by atoms with Crippen molar-refractivity contribution in [2.75, 3.05) is 6.61 Å². The van der Waals surface area contributed by atoms with Crippen LogP contribution < -0.4 is 10.9 Å². The third kappa shape index (κ3) is 4.01. The second kappa shape index (κ2) is 7.83. The Hall–Kier alpha value is -2.60. The molecule has 3 aromatic rings. The molecule has 0 saturated carbocycles. The second-order valence-electron chi connectivity index (χ2n) is 9.40. The van der Waals surface area contributed by atoms with E-state index in [9.17, 15) is 9.59 Å². The van der Waals surface area contributed by atoms with Gasteiger partial charge in [-0.2, -0.15) is 0 Å². The summed E-state index contributed by atoms with van der Waals surface area (Å²) < 4.78 is 17.3. The fourth-order valence-electron chi connectivity index (χ4n) is 4.67. The van der Waals surface area contributed by atoms with Crippen LogP contribution in [-0.4, -0.2) is 24.2 Å². The monoisotopic (exact) mass is 425 g/mol. The van der Waals surface area contributed by atoms with E-state index in [0.29, 0.717) is 24.2 Å². The lowest BCUT2D eigenvalue weighted by Crippen LogP contribution is -2.45. The zero-order chi connectivity index (χ0) is 22.5. The van der Waals surface area contributed by atoms with Crippen molar-refractivity contribution in [2.24, 2.45) is 0 Å². The number of hydrogen-bond donors (Lipinski definition) is 1. The van der Waals surface area contributed by atoms with Crippen LogP contribution in [0.25, 0.3) is 21.9 Å². The van der Waals surface area contributed by atoms with Crippen LogP contribution in [0, 0.1) is 27.7 Å². The van der Waals surface area contributed by atoms with Crippen LogP contribution in [0.2, 0.25) is 0 Å². The van der Waals surface area contributed by atoms with E-state index in [1.54, 1.807) is 0 Å². The molecule has 1 fully saturated rings. The number of fused-ring (bicyclic) bond motifs is 2. The smallest absolute Gasteiger partial charge is 0.339 e. The normalized spacial score (nSPS) is 18.6. The molecule has 1 atom stereocenters. The Morgan fingerprint density at radius 3 is 2.45 bits per heavy atom. The largest absolute Gasteiger partial charge is 0.461 e. The fraction of sp³-hybridized carbons (Fsp3) is 0.520. The highest BCUT2D eigenvalue weighted by Gasteiger charge is 2.29. The molecule has 0 bridgehead atoms. The van der Waals surface area contributed by atoms with Gasteiger partial charge in [-0.25, -0.2) is 4.79 Å². The number of ether oxygens (including phenoxy) is 1. The van der Waals surface area contributed by atoms with Crippen molar-refractivity contribution in [1.29, 1.82) is 0 Å². The molecule has 0 radical (unpaired) electrons. The van der Waals surface area contributed by atoms with Gasteiger partial charge < -0.3 is 18.9 Å². The number of hydrogen-bond acceptors (Lipinski definition) is 5. The molecule has 6 heteroatoms. The van der Waals surface area contributed by atoms with E-state index in [0.717, 1.165) is 51.6 Å². The lowest BCUT2D eigenvalue weighted by atomic mass is 9.93. The topological polar surface area (TPSA) is 81.7 Å².